The van der Waals surface area contributed by atoms with Crippen LogP contribution in [0.1, 0.15) is 12.5 Å². The highest BCUT2D eigenvalue weighted by molar-refractivity contribution is 5.88. The molecule has 0 atom stereocenters. The molecular formula is C13H11N5O. The largest absolute Gasteiger partial charge is 0.382 e. The van der Waals surface area contributed by atoms with Crippen LogP contribution in [0.3, 0.4) is 0 Å². The highest BCUT2D eigenvalue weighted by atomic mass is 16.1. The number of nitrogen functional groups attached to an aromatic ring is 1. The third kappa shape index (κ3) is 2.84. The highest BCUT2D eigenvalue weighted by Gasteiger charge is 2.06. The topological polar surface area (TPSA) is 105 Å². The Morgan fingerprint density at radius 2 is 2.05 bits per heavy atom. The second kappa shape index (κ2) is 5.14. The van der Waals surface area contributed by atoms with Crippen molar-refractivity contribution in [3.63, 3.8) is 0 Å². The van der Waals surface area contributed by atoms with Gasteiger partial charge in [-0.05, 0) is 24.3 Å². The molecule has 1 aromatic carbocycles. The van der Waals surface area contributed by atoms with E-state index in [1.54, 1.807) is 24.3 Å². The molecule has 94 valence electrons. The molecule has 0 saturated heterocycles. The van der Waals surface area contributed by atoms with Crippen LogP contribution in [0.5, 0.6) is 0 Å². The van der Waals surface area contributed by atoms with Gasteiger partial charge in [0.05, 0.1) is 6.20 Å². The molecule has 6 nitrogen and oxygen atoms in total. The Hall–Kier alpha value is -2.94. The average molecular weight is 253 g/mol. The van der Waals surface area contributed by atoms with E-state index in [9.17, 15) is 4.79 Å². The normalized spacial score (nSPS) is 9.68. The smallest absolute Gasteiger partial charge is 0.221 e. The van der Waals surface area contributed by atoms with Gasteiger partial charge in [0.1, 0.15) is 17.5 Å². The Bertz CT molecular complexity index is 658. The maximum atomic E-state index is 10.9. The summed E-state index contributed by atoms with van der Waals surface area (Å²) in [5.41, 5.74) is 7.33. The molecule has 19 heavy (non-hydrogen) atoms. The quantitative estimate of drug-likeness (QED) is 0.844. The van der Waals surface area contributed by atoms with E-state index >= 15 is 0 Å². The predicted octanol–water partition coefficient (Wildman–Crippen LogP) is 1.56. The summed E-state index contributed by atoms with van der Waals surface area (Å²) in [7, 11) is 0. The minimum absolute atomic E-state index is 0.133. The van der Waals surface area contributed by atoms with Gasteiger partial charge in [-0.2, -0.15) is 5.26 Å². The number of nitrogens with two attached hydrogens (primary N) is 1. The van der Waals surface area contributed by atoms with Gasteiger partial charge in [0.25, 0.3) is 0 Å². The van der Waals surface area contributed by atoms with Crippen molar-refractivity contribution in [1.82, 2.24) is 9.97 Å². The van der Waals surface area contributed by atoms with Crippen LogP contribution in [0.2, 0.25) is 0 Å². The van der Waals surface area contributed by atoms with Gasteiger partial charge >= 0.3 is 0 Å². The van der Waals surface area contributed by atoms with E-state index in [4.69, 9.17) is 11.0 Å². The predicted molar refractivity (Wildman–Crippen MR) is 70.9 cm³/mol. The van der Waals surface area contributed by atoms with Crippen molar-refractivity contribution in [2.24, 2.45) is 0 Å². The first-order valence-corrected chi connectivity index (χ1v) is 5.51. The molecule has 3 N–H and O–H groups in total. The first kappa shape index (κ1) is 12.5. The second-order valence-electron chi connectivity index (χ2n) is 3.86. The van der Waals surface area contributed by atoms with Gasteiger partial charge in [0.15, 0.2) is 5.82 Å². The molecule has 0 radical (unpaired) electrons. The molecule has 0 fully saturated rings. The standard InChI is InChI=1S/C13H11N5O/c1-8(19)17-11-4-2-9(3-5-11)13-16-7-10(6-14)12(15)18-13/h2-5,7H,1H3,(H,17,19)(H2,15,16,18). The van der Waals surface area contributed by atoms with E-state index in [-0.39, 0.29) is 17.3 Å². The molecular weight excluding hydrogens is 242 g/mol. The van der Waals surface area contributed by atoms with Crippen LogP contribution in [0.25, 0.3) is 11.4 Å². The first-order valence-electron chi connectivity index (χ1n) is 5.51. The Kier molecular flexibility index (Phi) is 3.39. The van der Waals surface area contributed by atoms with Gasteiger partial charge in [-0.15, -0.1) is 0 Å². The minimum Gasteiger partial charge on any atom is -0.382 e. The highest BCUT2D eigenvalue weighted by Crippen LogP contribution is 2.19. The molecule has 6 heteroatoms. The summed E-state index contributed by atoms with van der Waals surface area (Å²) in [6.45, 7) is 1.44. The second-order valence-corrected chi connectivity index (χ2v) is 3.86. The van der Waals surface area contributed by atoms with Crippen molar-refractivity contribution in [2.75, 3.05) is 11.1 Å². The maximum absolute atomic E-state index is 10.9. The number of rotatable bonds is 2. The molecule has 0 bridgehead atoms. The molecule has 1 amide bonds. The van der Waals surface area contributed by atoms with E-state index < -0.39 is 0 Å². The third-order valence-electron chi connectivity index (χ3n) is 2.40. The molecule has 0 aliphatic heterocycles. The molecule has 2 aromatic rings. The monoisotopic (exact) mass is 253 g/mol. The van der Waals surface area contributed by atoms with Crippen molar-refractivity contribution >= 4 is 17.4 Å². The van der Waals surface area contributed by atoms with E-state index in [0.29, 0.717) is 11.5 Å². The van der Waals surface area contributed by atoms with Gasteiger partial charge < -0.3 is 11.1 Å². The summed E-state index contributed by atoms with van der Waals surface area (Å²) in [6.07, 6.45) is 1.39. The number of hydrogen-bond donors (Lipinski definition) is 2. The number of benzene rings is 1. The number of hydrogen-bond acceptors (Lipinski definition) is 5. The fraction of sp³-hybridized carbons (Fsp3) is 0.0769. The Morgan fingerprint density at radius 1 is 1.37 bits per heavy atom. The first-order chi connectivity index (χ1) is 9.10. The molecule has 0 aliphatic rings. The van der Waals surface area contributed by atoms with Crippen molar-refractivity contribution < 1.29 is 4.79 Å². The van der Waals surface area contributed by atoms with E-state index in [2.05, 4.69) is 15.3 Å². The lowest BCUT2D eigenvalue weighted by Crippen LogP contribution is -2.05. The van der Waals surface area contributed by atoms with Crippen molar-refractivity contribution in [2.45, 2.75) is 6.92 Å². The fourth-order valence-corrected chi connectivity index (χ4v) is 1.53. The number of carbonyl (C=O) groups excluding carboxylic acids is 1. The van der Waals surface area contributed by atoms with Crippen molar-refractivity contribution in [3.8, 4) is 17.5 Å². The van der Waals surface area contributed by atoms with Crippen LogP contribution in [0.15, 0.2) is 30.5 Å². The SMILES string of the molecule is CC(=O)Nc1ccc(-c2ncc(C#N)c(N)n2)cc1. The van der Waals surface area contributed by atoms with Gasteiger partial charge in [-0.1, -0.05) is 0 Å². The summed E-state index contributed by atoms with van der Waals surface area (Å²) < 4.78 is 0. The van der Waals surface area contributed by atoms with Gasteiger partial charge in [-0.25, -0.2) is 9.97 Å². The van der Waals surface area contributed by atoms with Crippen LogP contribution in [-0.2, 0) is 4.79 Å². The fourth-order valence-electron chi connectivity index (χ4n) is 1.53. The molecule has 2 rings (SSSR count). The lowest BCUT2D eigenvalue weighted by Gasteiger charge is -2.04. The van der Waals surface area contributed by atoms with Crippen LogP contribution >= 0.6 is 0 Å². The molecule has 1 heterocycles. The zero-order chi connectivity index (χ0) is 13.8. The maximum Gasteiger partial charge on any atom is 0.221 e. The number of nitrogens with zero attached hydrogens (tertiary/aromatic N) is 3. The Labute approximate surface area is 109 Å². The average Bonchev–Trinajstić information content (AvgIpc) is 2.39. The zero-order valence-corrected chi connectivity index (χ0v) is 10.2. The Balaban J connectivity index is 2.30. The van der Waals surface area contributed by atoms with Gasteiger partial charge in [0.2, 0.25) is 5.91 Å². The number of amides is 1. The van der Waals surface area contributed by atoms with Gasteiger partial charge in [0, 0.05) is 18.2 Å². The van der Waals surface area contributed by atoms with Crippen molar-refractivity contribution in [1.29, 1.82) is 5.26 Å². The van der Waals surface area contributed by atoms with Crippen LogP contribution in [0.4, 0.5) is 11.5 Å². The third-order valence-corrected chi connectivity index (χ3v) is 2.40. The van der Waals surface area contributed by atoms with Gasteiger partial charge in [-0.3, -0.25) is 4.79 Å². The number of anilines is 2. The summed E-state index contributed by atoms with van der Waals surface area (Å²) in [6, 6.07) is 8.94. The molecule has 1 aromatic heterocycles. The number of carbonyl (C=O) groups is 1. The summed E-state index contributed by atoms with van der Waals surface area (Å²) in [4.78, 5) is 19.0. The number of nitriles is 1. The lowest BCUT2D eigenvalue weighted by molar-refractivity contribution is -0.114. The Morgan fingerprint density at radius 3 is 2.58 bits per heavy atom. The van der Waals surface area contributed by atoms with E-state index in [1.807, 2.05) is 6.07 Å². The number of nitrogens with one attached hydrogen (secondary N) is 1. The van der Waals surface area contributed by atoms with Crippen molar-refractivity contribution in [3.05, 3.63) is 36.0 Å². The minimum atomic E-state index is -0.133. The number of aromatic nitrogens is 2. The van der Waals surface area contributed by atoms with Crippen LogP contribution in [0, 0.1) is 11.3 Å². The summed E-state index contributed by atoms with van der Waals surface area (Å²) in [5.74, 6) is 0.455. The molecule has 0 saturated carbocycles. The molecule has 0 spiro atoms. The molecule has 0 unspecified atom stereocenters. The zero-order valence-electron chi connectivity index (χ0n) is 10.2. The van der Waals surface area contributed by atoms with Crippen LogP contribution < -0.4 is 11.1 Å². The van der Waals surface area contributed by atoms with Crippen LogP contribution in [-0.4, -0.2) is 15.9 Å². The summed E-state index contributed by atoms with van der Waals surface area (Å²) in [5, 5.41) is 11.4. The lowest BCUT2D eigenvalue weighted by atomic mass is 10.2. The van der Waals surface area contributed by atoms with E-state index in [0.717, 1.165) is 5.56 Å². The molecule has 0 aliphatic carbocycles. The van der Waals surface area contributed by atoms with E-state index in [1.165, 1.54) is 13.1 Å². The summed E-state index contributed by atoms with van der Waals surface area (Å²) >= 11 is 0.